The average molecular weight is 466 g/mol. The molecule has 0 saturated heterocycles. The standard InChI is InChI=1S/C24H23N3O3S2/c1-4-26-20-8-6-5-7-18(20)19-13-16(9-11-21(19)26)25-32(29,30)17-10-12-22-23(14-17)31-24(28)27(22)15(2)3/h5-15,25H,4H2,1-3H3. The third kappa shape index (κ3) is 3.22. The number of nitrogens with one attached hydrogen (secondary N) is 1. The molecule has 0 aliphatic rings. The SMILES string of the molecule is CCn1c2ccccc2c2cc(NS(=O)(=O)c3ccc4c(c3)sc(=O)n4C(C)C)ccc21. The van der Waals surface area contributed by atoms with Gasteiger partial charge in [-0.25, -0.2) is 8.42 Å². The summed E-state index contributed by atoms with van der Waals surface area (Å²) in [7, 11) is -3.81. The number of aromatic nitrogens is 2. The number of aryl methyl sites for hydroxylation is 1. The predicted octanol–water partition coefficient (Wildman–Crippen LogP) is 5.57. The minimum Gasteiger partial charge on any atom is -0.341 e. The molecule has 5 rings (SSSR count). The van der Waals surface area contributed by atoms with Crippen LogP contribution in [0.3, 0.4) is 0 Å². The van der Waals surface area contributed by atoms with Crippen molar-refractivity contribution >= 4 is 59.1 Å². The lowest BCUT2D eigenvalue weighted by Crippen LogP contribution is -2.15. The Balaban J connectivity index is 1.57. The lowest BCUT2D eigenvalue weighted by atomic mass is 10.1. The number of benzene rings is 3. The summed E-state index contributed by atoms with van der Waals surface area (Å²) in [6.07, 6.45) is 0. The van der Waals surface area contributed by atoms with E-state index in [1.165, 1.54) is 0 Å². The molecule has 32 heavy (non-hydrogen) atoms. The summed E-state index contributed by atoms with van der Waals surface area (Å²) in [5.41, 5.74) is 3.45. The van der Waals surface area contributed by atoms with Crippen LogP contribution in [0.25, 0.3) is 32.0 Å². The number of nitrogens with zero attached hydrogens (tertiary/aromatic N) is 2. The van der Waals surface area contributed by atoms with Crippen molar-refractivity contribution in [2.75, 3.05) is 4.72 Å². The van der Waals surface area contributed by atoms with Crippen molar-refractivity contribution in [2.45, 2.75) is 38.3 Å². The molecule has 0 unspecified atom stereocenters. The van der Waals surface area contributed by atoms with E-state index in [4.69, 9.17) is 0 Å². The maximum absolute atomic E-state index is 13.1. The Morgan fingerprint density at radius 2 is 1.66 bits per heavy atom. The van der Waals surface area contributed by atoms with Crippen molar-refractivity contribution in [2.24, 2.45) is 0 Å². The zero-order valence-corrected chi connectivity index (χ0v) is 19.6. The predicted molar refractivity (Wildman–Crippen MR) is 132 cm³/mol. The van der Waals surface area contributed by atoms with E-state index in [1.807, 2.05) is 38.1 Å². The molecule has 0 bridgehead atoms. The molecule has 164 valence electrons. The van der Waals surface area contributed by atoms with Crippen molar-refractivity contribution in [1.82, 2.24) is 9.13 Å². The van der Waals surface area contributed by atoms with Gasteiger partial charge in [0.25, 0.3) is 10.0 Å². The first-order valence-corrected chi connectivity index (χ1v) is 12.8. The number of hydrogen-bond acceptors (Lipinski definition) is 4. The molecule has 0 saturated carbocycles. The number of hydrogen-bond donors (Lipinski definition) is 1. The second-order valence-electron chi connectivity index (χ2n) is 8.06. The van der Waals surface area contributed by atoms with Crippen molar-refractivity contribution < 1.29 is 8.42 Å². The zero-order valence-electron chi connectivity index (χ0n) is 18.0. The number of rotatable bonds is 5. The molecule has 2 aromatic heterocycles. The van der Waals surface area contributed by atoms with E-state index in [0.29, 0.717) is 10.4 Å². The Kier molecular flexibility index (Phi) is 4.87. The molecule has 0 amide bonds. The molecule has 0 aliphatic carbocycles. The summed E-state index contributed by atoms with van der Waals surface area (Å²) in [6, 6.07) is 18.6. The normalized spacial score (nSPS) is 12.4. The van der Waals surface area contributed by atoms with Gasteiger partial charge in [0, 0.05) is 40.1 Å². The Hall–Kier alpha value is -3.10. The first-order valence-electron chi connectivity index (χ1n) is 10.5. The van der Waals surface area contributed by atoms with Gasteiger partial charge in [-0.1, -0.05) is 29.5 Å². The van der Waals surface area contributed by atoms with Crippen LogP contribution in [0.1, 0.15) is 26.8 Å². The van der Waals surface area contributed by atoms with E-state index in [-0.39, 0.29) is 15.8 Å². The fraction of sp³-hybridized carbons (Fsp3) is 0.208. The minimum absolute atomic E-state index is 0.00816. The van der Waals surface area contributed by atoms with Gasteiger partial charge in [0.1, 0.15) is 0 Å². The maximum atomic E-state index is 13.1. The molecule has 0 radical (unpaired) electrons. The third-order valence-corrected chi connectivity index (χ3v) is 8.05. The van der Waals surface area contributed by atoms with Gasteiger partial charge < -0.3 is 4.57 Å². The van der Waals surface area contributed by atoms with Gasteiger partial charge in [0.15, 0.2) is 0 Å². The summed E-state index contributed by atoms with van der Waals surface area (Å²) < 4.78 is 33.5. The fourth-order valence-electron chi connectivity index (χ4n) is 4.34. The molecule has 6 nitrogen and oxygen atoms in total. The molecule has 1 N–H and O–H groups in total. The van der Waals surface area contributed by atoms with Gasteiger partial charge in [0.05, 0.1) is 15.1 Å². The van der Waals surface area contributed by atoms with Gasteiger partial charge in [-0.15, -0.1) is 0 Å². The summed E-state index contributed by atoms with van der Waals surface area (Å²) in [5, 5.41) is 2.09. The molecule has 0 atom stereocenters. The number of thiazole rings is 1. The van der Waals surface area contributed by atoms with Crippen LogP contribution in [0.15, 0.2) is 70.4 Å². The van der Waals surface area contributed by atoms with Crippen molar-refractivity contribution in [3.8, 4) is 0 Å². The minimum atomic E-state index is -3.81. The lowest BCUT2D eigenvalue weighted by Gasteiger charge is -2.10. The van der Waals surface area contributed by atoms with E-state index in [0.717, 1.165) is 45.2 Å². The Bertz CT molecular complexity index is 1660. The molecule has 0 aliphatic heterocycles. The van der Waals surface area contributed by atoms with Crippen LogP contribution < -0.4 is 9.60 Å². The first-order chi connectivity index (χ1) is 15.3. The van der Waals surface area contributed by atoms with Gasteiger partial charge in [-0.2, -0.15) is 0 Å². The van der Waals surface area contributed by atoms with E-state index in [9.17, 15) is 13.2 Å². The van der Waals surface area contributed by atoms with E-state index >= 15 is 0 Å². The third-order valence-electron chi connectivity index (χ3n) is 5.75. The first kappa shape index (κ1) is 20.8. The van der Waals surface area contributed by atoms with E-state index < -0.39 is 10.0 Å². The highest BCUT2D eigenvalue weighted by molar-refractivity contribution is 7.92. The van der Waals surface area contributed by atoms with Crippen molar-refractivity contribution in [1.29, 1.82) is 0 Å². The van der Waals surface area contributed by atoms with Gasteiger partial charge in [-0.05, 0) is 63.2 Å². The van der Waals surface area contributed by atoms with E-state index in [2.05, 4.69) is 28.3 Å². The number of para-hydroxylation sites is 1. The number of fused-ring (bicyclic) bond motifs is 4. The van der Waals surface area contributed by atoms with Gasteiger partial charge in [-0.3, -0.25) is 14.1 Å². The highest BCUT2D eigenvalue weighted by Gasteiger charge is 2.19. The Morgan fingerprint density at radius 1 is 0.938 bits per heavy atom. The Labute approximate surface area is 189 Å². The summed E-state index contributed by atoms with van der Waals surface area (Å²) in [4.78, 5) is 12.4. The fourth-order valence-corrected chi connectivity index (χ4v) is 6.55. The van der Waals surface area contributed by atoms with Crippen LogP contribution in [0.4, 0.5) is 5.69 Å². The monoisotopic (exact) mass is 465 g/mol. The van der Waals surface area contributed by atoms with Crippen molar-refractivity contribution in [3.05, 3.63) is 70.3 Å². The second kappa shape index (κ2) is 7.50. The molecule has 0 fully saturated rings. The van der Waals surface area contributed by atoms with Crippen LogP contribution in [0, 0.1) is 0 Å². The maximum Gasteiger partial charge on any atom is 0.308 e. The average Bonchev–Trinajstić information content (AvgIpc) is 3.26. The van der Waals surface area contributed by atoms with Crippen LogP contribution in [-0.4, -0.2) is 17.6 Å². The summed E-state index contributed by atoms with van der Waals surface area (Å²) in [6.45, 7) is 6.80. The topological polar surface area (TPSA) is 73.1 Å². The molecular formula is C24H23N3O3S2. The quantitative estimate of drug-likeness (QED) is 0.369. The molecule has 3 aromatic carbocycles. The lowest BCUT2D eigenvalue weighted by molar-refractivity contribution is 0.601. The number of anilines is 1. The number of sulfonamides is 1. The largest absolute Gasteiger partial charge is 0.341 e. The summed E-state index contributed by atoms with van der Waals surface area (Å²) in [5.74, 6) is 0. The second-order valence-corrected chi connectivity index (χ2v) is 10.7. The molecular weight excluding hydrogens is 442 g/mol. The van der Waals surface area contributed by atoms with Crippen LogP contribution in [0.5, 0.6) is 0 Å². The van der Waals surface area contributed by atoms with Crippen molar-refractivity contribution in [3.63, 3.8) is 0 Å². The zero-order chi connectivity index (χ0) is 22.6. The highest BCUT2D eigenvalue weighted by Crippen LogP contribution is 2.32. The molecule has 0 spiro atoms. The van der Waals surface area contributed by atoms with Crippen LogP contribution in [-0.2, 0) is 16.6 Å². The van der Waals surface area contributed by atoms with Crippen LogP contribution in [0.2, 0.25) is 0 Å². The molecule has 2 heterocycles. The van der Waals surface area contributed by atoms with Gasteiger partial charge in [0.2, 0.25) is 0 Å². The van der Waals surface area contributed by atoms with Crippen LogP contribution >= 0.6 is 11.3 Å². The molecule has 5 aromatic rings. The Morgan fingerprint density at radius 3 is 2.41 bits per heavy atom. The highest BCUT2D eigenvalue weighted by atomic mass is 32.2. The smallest absolute Gasteiger partial charge is 0.308 e. The summed E-state index contributed by atoms with van der Waals surface area (Å²) >= 11 is 1.06. The molecule has 8 heteroatoms. The van der Waals surface area contributed by atoms with Gasteiger partial charge >= 0.3 is 4.87 Å². The van der Waals surface area contributed by atoms with E-state index in [1.54, 1.807) is 28.8 Å².